The standard InChI is InChI=1S/C90H120N22O26S2/c1-46(74(122)106-67(40-114)86(134)112-72(45-140)88(136)110-70(43-117)85(133)109-69(42-116)84(132)101-61(89(137)138)19-11-31-95-90(93)94)98-82(130)66(39-113)107-77(125)60(28-29-73(120)121)100-83(131)68(41-115)108-78(126)62(33-47-12-3-2-4-13-47)103-81(129)65(36-51-38-97-58-17-8-6-15-55(51)58)105-76(124)59(18-9-10-30-91)99-87(135)71(44-139)111-79(127)63(34-49-22-26-53(119)27-23-49)104-80(128)64(35-50-37-96-57-16-7-5-14-54(50)57)102-75(123)56(92)32-48-20-24-52(118)25-21-48/h2-8,12-17,20-27,37-38,46,56,59-72,96-97,113-119,139-140H,9-11,18-19,28-36,39-45,91-92H2,1H3,(H,98,130)(H,99,135)(H,100,131)(H,101,132)(H,102,123)(H,103,129)(H,104,128)(H,105,124)(H,106,122)(H,107,125)(H,108,126)(H,109,133)(H,110,136)(H,111,127)(H,112,134)(H,120,121)(H,137,138)(H4,93,94,95)/t46-,56-,59-,60-,61-,62-,63-,64-,65-,66-,67-,68-,69-,70-,71-,72-/m0/s1. The highest BCUT2D eigenvalue weighted by Crippen LogP contribution is 2.23. The number of aromatic hydroxyl groups is 2. The van der Waals surface area contributed by atoms with Gasteiger partial charge in [0.1, 0.15) is 102 Å². The third-order valence-electron chi connectivity index (χ3n) is 22.0. The lowest BCUT2D eigenvalue weighted by molar-refractivity contribution is -0.143. The number of H-pyrrole nitrogens is 2. The number of carbonyl (C=O) groups is 17. The molecule has 0 radical (unpaired) electrons. The van der Waals surface area contributed by atoms with Crippen LogP contribution in [0.25, 0.3) is 21.8 Å². The van der Waals surface area contributed by atoms with Gasteiger partial charge >= 0.3 is 11.9 Å². The molecule has 7 aromatic rings. The first kappa shape index (κ1) is 112. The number of phenols is 2. The Morgan fingerprint density at radius 2 is 0.657 bits per heavy atom. The van der Waals surface area contributed by atoms with Gasteiger partial charge in [-0.05, 0) is 123 Å². The van der Waals surface area contributed by atoms with Crippen LogP contribution in [0.4, 0.5) is 0 Å². The fourth-order valence-electron chi connectivity index (χ4n) is 14.2. The zero-order chi connectivity index (χ0) is 103. The lowest BCUT2D eigenvalue weighted by Gasteiger charge is -2.28. The van der Waals surface area contributed by atoms with E-state index in [2.05, 4.69) is 115 Å². The van der Waals surface area contributed by atoms with Crippen molar-refractivity contribution in [3.8, 4) is 11.5 Å². The van der Waals surface area contributed by atoms with Crippen LogP contribution in [0.2, 0.25) is 0 Å². The summed E-state index contributed by atoms with van der Waals surface area (Å²) in [6.45, 7) is -4.74. The van der Waals surface area contributed by atoms with Crippen molar-refractivity contribution in [1.82, 2.24) is 95.0 Å². The number of amides is 15. The molecule has 0 aliphatic rings. The van der Waals surface area contributed by atoms with Crippen molar-refractivity contribution in [2.24, 2.45) is 17.2 Å². The lowest BCUT2D eigenvalue weighted by atomic mass is 10.0. The molecule has 0 spiro atoms. The zero-order valence-corrected chi connectivity index (χ0v) is 77.7. The summed E-state index contributed by atoms with van der Waals surface area (Å²) in [5.74, 6) is -21.6. The molecule has 0 saturated carbocycles. The number of para-hydroxylation sites is 2. The molecular formula is C90H120N22O26S2. The molecule has 140 heavy (non-hydrogen) atoms. The van der Waals surface area contributed by atoms with E-state index in [1.807, 2.05) is 11.4 Å². The molecule has 16 atom stereocenters. The zero-order valence-electron chi connectivity index (χ0n) is 76.0. The fourth-order valence-corrected chi connectivity index (χ4v) is 14.8. The van der Waals surface area contributed by atoms with Crippen molar-refractivity contribution in [3.05, 3.63) is 168 Å². The van der Waals surface area contributed by atoms with E-state index in [-0.39, 0.29) is 82.4 Å². The van der Waals surface area contributed by atoms with E-state index in [0.29, 0.717) is 56.0 Å². The van der Waals surface area contributed by atoms with Crippen LogP contribution in [0.1, 0.15) is 79.7 Å². The Morgan fingerprint density at radius 1 is 0.350 bits per heavy atom. The van der Waals surface area contributed by atoms with Crippen molar-refractivity contribution < 1.29 is 127 Å². The number of carboxylic acids is 2. The molecule has 2 heterocycles. The summed E-state index contributed by atoms with van der Waals surface area (Å²) in [6, 6.07) is 6.38. The largest absolute Gasteiger partial charge is 0.508 e. The second-order valence-corrected chi connectivity index (χ2v) is 33.3. The molecule has 758 valence electrons. The number of hydrogen-bond donors (Lipinski definition) is 33. The molecule has 7 rings (SSSR count). The normalized spacial score (nSPS) is 14.6. The van der Waals surface area contributed by atoms with Gasteiger partial charge in [0.2, 0.25) is 88.6 Å². The highest BCUT2D eigenvalue weighted by molar-refractivity contribution is 7.80. The number of aliphatic carboxylic acids is 2. The maximum atomic E-state index is 15.3. The topological polar surface area (TPSA) is 798 Å². The van der Waals surface area contributed by atoms with E-state index in [1.165, 1.54) is 36.4 Å². The van der Waals surface area contributed by atoms with Crippen LogP contribution < -0.4 is 102 Å². The molecular weight excluding hydrogens is 1870 g/mol. The molecule has 0 unspecified atom stereocenters. The molecule has 0 bridgehead atoms. The van der Waals surface area contributed by atoms with Gasteiger partial charge in [-0.25, -0.2) is 4.79 Å². The number of thiol groups is 2. The molecule has 0 aliphatic heterocycles. The average molecular weight is 1990 g/mol. The van der Waals surface area contributed by atoms with Gasteiger partial charge < -0.3 is 158 Å². The average Bonchev–Trinajstić information content (AvgIpc) is 1.68. The van der Waals surface area contributed by atoms with Crippen LogP contribution in [0.15, 0.2) is 140 Å². The van der Waals surface area contributed by atoms with E-state index in [1.54, 1.807) is 97.3 Å². The quantitative estimate of drug-likeness (QED) is 0.00729. The van der Waals surface area contributed by atoms with Crippen LogP contribution in [0.3, 0.4) is 0 Å². The number of nitrogens with two attached hydrogens (primary N) is 3. The Labute approximate surface area is 812 Å². The fraction of sp³-hybridized carbons (Fsp3) is 0.422. The van der Waals surface area contributed by atoms with E-state index >= 15 is 9.59 Å². The van der Waals surface area contributed by atoms with E-state index in [4.69, 9.17) is 22.6 Å². The van der Waals surface area contributed by atoms with Gasteiger partial charge in [-0.2, -0.15) is 25.3 Å². The minimum Gasteiger partial charge on any atom is -0.508 e. The molecule has 34 N–H and O–H groups in total. The van der Waals surface area contributed by atoms with E-state index in [9.17, 15) is 118 Å². The molecule has 48 nitrogen and oxygen atoms in total. The number of carbonyl (C=O) groups excluding carboxylic acids is 15. The SMILES string of the molecule is C[C@H](NC(=O)[C@H](CO)NC(=O)[C@H](CCC(=O)O)NC(=O)[C@H](CO)NC(=O)[C@H](Cc1ccccc1)NC(=O)[C@H](Cc1c[nH]c2ccccc12)NC(=O)[C@H](CCCCN)NC(=O)[C@H](CS)NC(=O)[C@H](Cc1ccc(O)cc1)NC(=O)[C@H](Cc1c[nH]c2ccccc12)NC(=O)[C@@H](N)Cc1ccc(O)cc1)C(=O)N[C@@H](CO)C(=O)N[C@@H](CS)C(=O)N[C@@H](CO)C(=O)N[C@@H](CO)C(=O)N[C@@H](CCCNC(=N)N)C(=O)O. The first-order valence-corrected chi connectivity index (χ1v) is 45.6. The maximum absolute atomic E-state index is 15.3. The number of hydrogen-bond acceptors (Lipinski definition) is 29. The highest BCUT2D eigenvalue weighted by Gasteiger charge is 2.40. The van der Waals surface area contributed by atoms with Gasteiger partial charge in [0, 0.05) is 84.4 Å². The molecule has 5 aromatic carbocycles. The summed E-state index contributed by atoms with van der Waals surface area (Å²) < 4.78 is 0. The second-order valence-electron chi connectivity index (χ2n) is 32.6. The third kappa shape index (κ3) is 35.5. The number of benzene rings is 5. The molecule has 0 saturated heterocycles. The van der Waals surface area contributed by atoms with Gasteiger partial charge in [-0.15, -0.1) is 0 Å². The molecule has 50 heteroatoms. The second kappa shape index (κ2) is 57.0. The predicted molar refractivity (Wildman–Crippen MR) is 510 cm³/mol. The monoisotopic (exact) mass is 1990 g/mol. The third-order valence-corrected chi connectivity index (χ3v) is 22.8. The Kier molecular flexibility index (Phi) is 45.8. The van der Waals surface area contributed by atoms with Gasteiger partial charge in [-0.1, -0.05) is 91.0 Å². The van der Waals surface area contributed by atoms with E-state index in [0.717, 1.165) is 6.92 Å². The Morgan fingerprint density at radius 3 is 1.04 bits per heavy atom. The number of aromatic amines is 2. The first-order chi connectivity index (χ1) is 66.8. The molecule has 15 amide bonds. The number of fused-ring (bicyclic) bond motifs is 2. The number of nitrogens with one attached hydrogen (secondary N) is 19. The smallest absolute Gasteiger partial charge is 0.326 e. The Hall–Kier alpha value is -14.5. The number of carboxylic acid groups (broad SMARTS) is 2. The van der Waals surface area contributed by atoms with Crippen LogP contribution >= 0.6 is 25.3 Å². The van der Waals surface area contributed by atoms with Crippen molar-refractivity contribution in [3.63, 3.8) is 0 Å². The van der Waals surface area contributed by atoms with Crippen LogP contribution in [0, 0.1) is 5.41 Å². The minimum absolute atomic E-state index is 0.00361. The van der Waals surface area contributed by atoms with Crippen molar-refractivity contribution in [1.29, 1.82) is 5.41 Å². The van der Waals surface area contributed by atoms with Gasteiger partial charge in [0.25, 0.3) is 0 Å². The number of phenolic OH excluding ortho intramolecular Hbond substituents is 2. The summed E-state index contributed by atoms with van der Waals surface area (Å²) in [7, 11) is 0. The van der Waals surface area contributed by atoms with Gasteiger partial charge in [-0.3, -0.25) is 82.1 Å². The summed E-state index contributed by atoms with van der Waals surface area (Å²) in [5, 5.41) is 137. The van der Waals surface area contributed by atoms with E-state index < -0.39 is 261 Å². The van der Waals surface area contributed by atoms with Crippen LogP contribution in [0.5, 0.6) is 11.5 Å². The number of rotatable bonds is 59. The van der Waals surface area contributed by atoms with Crippen LogP contribution in [-0.4, -0.2) is 317 Å². The number of aliphatic hydroxyl groups is 5. The number of unbranched alkanes of at least 4 members (excludes halogenated alkanes) is 1. The number of aliphatic hydroxyl groups excluding tert-OH is 5. The summed E-state index contributed by atoms with van der Waals surface area (Å²) in [5.41, 5.74) is 21.3. The highest BCUT2D eigenvalue weighted by atomic mass is 32.1. The summed E-state index contributed by atoms with van der Waals surface area (Å²) >= 11 is 8.47. The summed E-state index contributed by atoms with van der Waals surface area (Å²) in [6.07, 6.45) is 0.771. The molecule has 0 fully saturated rings. The lowest BCUT2D eigenvalue weighted by Crippen LogP contribution is -2.62. The van der Waals surface area contributed by atoms with Crippen molar-refractivity contribution >= 4 is 154 Å². The molecule has 2 aromatic heterocycles. The van der Waals surface area contributed by atoms with Crippen LogP contribution in [-0.2, 0) is 114 Å². The summed E-state index contributed by atoms with van der Waals surface area (Å²) in [4.78, 5) is 243. The van der Waals surface area contributed by atoms with Crippen molar-refractivity contribution in [2.45, 2.75) is 181 Å². The Balaban J connectivity index is 1.04. The predicted octanol–water partition coefficient (Wildman–Crippen LogP) is -7.64. The number of aromatic nitrogens is 2. The van der Waals surface area contributed by atoms with Gasteiger partial charge in [0.15, 0.2) is 5.96 Å². The first-order valence-electron chi connectivity index (χ1n) is 44.3. The minimum atomic E-state index is -2.05. The number of guanidine groups is 1. The maximum Gasteiger partial charge on any atom is 0.326 e. The Bertz CT molecular complexity index is 5430. The molecule has 0 aliphatic carbocycles. The van der Waals surface area contributed by atoms with Crippen molar-refractivity contribution in [2.75, 3.05) is 57.6 Å². The van der Waals surface area contributed by atoms with Gasteiger partial charge in [0.05, 0.1) is 39.1 Å².